The fourth-order valence-corrected chi connectivity index (χ4v) is 3.90. The van der Waals surface area contributed by atoms with E-state index >= 15 is 0 Å². The molecule has 1 aliphatic rings. The third-order valence-electron chi connectivity index (χ3n) is 5.81. The van der Waals surface area contributed by atoms with Gasteiger partial charge in [-0.05, 0) is 19.4 Å². The maximum absolute atomic E-state index is 12.5. The molecule has 1 aromatic heterocycles. The number of aryl methyl sites for hydroxylation is 1. The Balaban J connectivity index is 1.43. The van der Waals surface area contributed by atoms with Gasteiger partial charge in [-0.2, -0.15) is 5.10 Å². The normalized spacial score (nSPS) is 14.8. The van der Waals surface area contributed by atoms with E-state index in [2.05, 4.69) is 51.2 Å². The molecule has 0 atom stereocenters. The molecule has 0 aliphatic carbocycles. The topological polar surface area (TPSA) is 82.5 Å². The first-order valence-electron chi connectivity index (χ1n) is 11.1. The van der Waals surface area contributed by atoms with Crippen molar-refractivity contribution in [3.63, 3.8) is 0 Å². The SMILES string of the molecule is C=CCNC(=O)CN1CCN(CC(=O)NCc2c(C)nn(Cc3ccccc3)c2C)CC1. The van der Waals surface area contributed by atoms with E-state index in [1.54, 1.807) is 6.08 Å². The highest BCUT2D eigenvalue weighted by molar-refractivity contribution is 5.78. The van der Waals surface area contributed by atoms with Crippen LogP contribution in [0.4, 0.5) is 0 Å². The Morgan fingerprint density at radius 1 is 1.00 bits per heavy atom. The number of rotatable bonds is 10. The molecular weight excluding hydrogens is 404 g/mol. The highest BCUT2D eigenvalue weighted by atomic mass is 16.2. The van der Waals surface area contributed by atoms with E-state index in [4.69, 9.17) is 0 Å². The summed E-state index contributed by atoms with van der Waals surface area (Å²) >= 11 is 0. The lowest BCUT2D eigenvalue weighted by Crippen LogP contribution is -2.51. The molecule has 0 saturated carbocycles. The lowest BCUT2D eigenvalue weighted by Gasteiger charge is -2.33. The number of aromatic nitrogens is 2. The average molecular weight is 439 g/mol. The number of amides is 2. The summed E-state index contributed by atoms with van der Waals surface area (Å²) in [6.07, 6.45) is 1.67. The van der Waals surface area contributed by atoms with Gasteiger partial charge >= 0.3 is 0 Å². The minimum atomic E-state index is 0.00893. The molecular formula is C24H34N6O2. The molecule has 1 aromatic carbocycles. The molecule has 0 radical (unpaired) electrons. The van der Waals surface area contributed by atoms with Crippen LogP contribution in [0.15, 0.2) is 43.0 Å². The Morgan fingerprint density at radius 2 is 1.59 bits per heavy atom. The monoisotopic (exact) mass is 438 g/mol. The molecule has 2 aromatic rings. The summed E-state index contributed by atoms with van der Waals surface area (Å²) in [6, 6.07) is 10.2. The molecule has 2 amide bonds. The largest absolute Gasteiger partial charge is 0.352 e. The van der Waals surface area contributed by atoms with Crippen LogP contribution in [0.3, 0.4) is 0 Å². The second-order valence-electron chi connectivity index (χ2n) is 8.21. The number of nitrogens with zero attached hydrogens (tertiary/aromatic N) is 4. The van der Waals surface area contributed by atoms with Crippen molar-refractivity contribution in [1.29, 1.82) is 0 Å². The van der Waals surface area contributed by atoms with Gasteiger partial charge in [-0.1, -0.05) is 36.4 Å². The number of nitrogens with one attached hydrogen (secondary N) is 2. The summed E-state index contributed by atoms with van der Waals surface area (Å²) in [5, 5.41) is 10.5. The third-order valence-corrected chi connectivity index (χ3v) is 5.81. The molecule has 2 heterocycles. The van der Waals surface area contributed by atoms with E-state index in [-0.39, 0.29) is 11.8 Å². The van der Waals surface area contributed by atoms with Gasteiger partial charge in [0.1, 0.15) is 0 Å². The first-order valence-corrected chi connectivity index (χ1v) is 11.1. The summed E-state index contributed by atoms with van der Waals surface area (Å²) in [6.45, 7) is 13.2. The quantitative estimate of drug-likeness (QED) is 0.543. The molecule has 2 N–H and O–H groups in total. The maximum atomic E-state index is 12.5. The molecule has 0 unspecified atom stereocenters. The molecule has 0 bridgehead atoms. The number of carbonyl (C=O) groups is 2. The van der Waals surface area contributed by atoms with Gasteiger partial charge in [0.2, 0.25) is 11.8 Å². The van der Waals surface area contributed by atoms with Crippen molar-refractivity contribution < 1.29 is 9.59 Å². The van der Waals surface area contributed by atoms with Gasteiger partial charge in [-0.25, -0.2) is 0 Å². The molecule has 32 heavy (non-hydrogen) atoms. The molecule has 1 saturated heterocycles. The molecule has 0 spiro atoms. The lowest BCUT2D eigenvalue weighted by molar-refractivity contribution is -0.125. The van der Waals surface area contributed by atoms with E-state index in [0.29, 0.717) is 26.2 Å². The molecule has 1 aliphatic heterocycles. The molecule has 8 heteroatoms. The van der Waals surface area contributed by atoms with Crippen LogP contribution >= 0.6 is 0 Å². The Hall–Kier alpha value is -2.97. The minimum Gasteiger partial charge on any atom is -0.352 e. The number of hydrogen-bond acceptors (Lipinski definition) is 5. The van der Waals surface area contributed by atoms with Gasteiger partial charge < -0.3 is 10.6 Å². The number of piperazine rings is 1. The fraction of sp³-hybridized carbons (Fsp3) is 0.458. The number of benzene rings is 1. The van der Waals surface area contributed by atoms with Crippen molar-refractivity contribution >= 4 is 11.8 Å². The van der Waals surface area contributed by atoms with Gasteiger partial charge in [0.05, 0.1) is 25.3 Å². The van der Waals surface area contributed by atoms with Crippen LogP contribution in [0.5, 0.6) is 0 Å². The Labute approximate surface area is 190 Å². The first-order chi connectivity index (χ1) is 15.5. The van der Waals surface area contributed by atoms with Gasteiger partial charge in [0.25, 0.3) is 0 Å². The predicted molar refractivity (Wildman–Crippen MR) is 125 cm³/mol. The van der Waals surface area contributed by atoms with Crippen LogP contribution in [0, 0.1) is 13.8 Å². The summed E-state index contributed by atoms with van der Waals surface area (Å²) in [7, 11) is 0. The fourth-order valence-electron chi connectivity index (χ4n) is 3.90. The van der Waals surface area contributed by atoms with Crippen molar-refractivity contribution in [3.8, 4) is 0 Å². The zero-order chi connectivity index (χ0) is 22.9. The third kappa shape index (κ3) is 6.77. The molecule has 8 nitrogen and oxygen atoms in total. The molecule has 1 fully saturated rings. The van der Waals surface area contributed by atoms with Crippen LogP contribution < -0.4 is 10.6 Å². The Morgan fingerprint density at radius 3 is 2.19 bits per heavy atom. The number of carbonyl (C=O) groups excluding carboxylic acids is 2. The van der Waals surface area contributed by atoms with Gasteiger partial charge in [-0.3, -0.25) is 24.1 Å². The second kappa shape index (κ2) is 11.6. The summed E-state index contributed by atoms with van der Waals surface area (Å²) < 4.78 is 2.00. The van der Waals surface area contributed by atoms with E-state index in [9.17, 15) is 9.59 Å². The van der Waals surface area contributed by atoms with Crippen LogP contribution in [-0.2, 0) is 22.7 Å². The van der Waals surface area contributed by atoms with Crippen molar-refractivity contribution in [2.45, 2.75) is 26.9 Å². The first kappa shape index (κ1) is 23.7. The Bertz CT molecular complexity index is 916. The zero-order valence-corrected chi connectivity index (χ0v) is 19.1. The van der Waals surface area contributed by atoms with Gasteiger partial charge in [-0.15, -0.1) is 6.58 Å². The van der Waals surface area contributed by atoms with Crippen LogP contribution in [0.25, 0.3) is 0 Å². The minimum absolute atomic E-state index is 0.00893. The highest BCUT2D eigenvalue weighted by Crippen LogP contribution is 2.14. The van der Waals surface area contributed by atoms with Gasteiger partial charge in [0.15, 0.2) is 0 Å². The lowest BCUT2D eigenvalue weighted by atomic mass is 10.2. The van der Waals surface area contributed by atoms with Crippen molar-refractivity contribution in [3.05, 3.63) is 65.5 Å². The standard InChI is InChI=1S/C24H34N6O2/c1-4-10-25-23(31)17-28-11-13-29(14-12-28)18-24(32)26-15-22-19(2)27-30(20(22)3)16-21-8-6-5-7-9-21/h4-9H,1,10-18H2,2-3H3,(H,25,31)(H,26,32). The molecule has 3 rings (SSSR count). The molecule has 172 valence electrons. The summed E-state index contributed by atoms with van der Waals surface area (Å²) in [5.74, 6) is 0.0198. The van der Waals surface area contributed by atoms with E-state index in [1.165, 1.54) is 5.56 Å². The Kier molecular flexibility index (Phi) is 8.58. The van der Waals surface area contributed by atoms with Gasteiger partial charge in [0, 0.05) is 50.5 Å². The summed E-state index contributed by atoms with van der Waals surface area (Å²) in [4.78, 5) is 28.6. The van der Waals surface area contributed by atoms with Crippen LogP contribution in [0.2, 0.25) is 0 Å². The zero-order valence-electron chi connectivity index (χ0n) is 19.1. The van der Waals surface area contributed by atoms with Crippen molar-refractivity contribution in [2.24, 2.45) is 0 Å². The average Bonchev–Trinajstić information content (AvgIpc) is 3.05. The van der Waals surface area contributed by atoms with E-state index in [1.807, 2.05) is 29.8 Å². The van der Waals surface area contributed by atoms with E-state index < -0.39 is 0 Å². The maximum Gasteiger partial charge on any atom is 0.234 e. The number of hydrogen-bond donors (Lipinski definition) is 2. The highest BCUT2D eigenvalue weighted by Gasteiger charge is 2.21. The smallest absolute Gasteiger partial charge is 0.234 e. The van der Waals surface area contributed by atoms with E-state index in [0.717, 1.165) is 49.7 Å². The predicted octanol–water partition coefficient (Wildman–Crippen LogP) is 1.08. The van der Waals surface area contributed by atoms with Crippen molar-refractivity contribution in [2.75, 3.05) is 45.8 Å². The summed E-state index contributed by atoms with van der Waals surface area (Å²) in [5.41, 5.74) is 4.30. The second-order valence-corrected chi connectivity index (χ2v) is 8.21. The van der Waals surface area contributed by atoms with Crippen molar-refractivity contribution in [1.82, 2.24) is 30.2 Å². The van der Waals surface area contributed by atoms with Crippen LogP contribution in [0.1, 0.15) is 22.5 Å². The van der Waals surface area contributed by atoms with Crippen LogP contribution in [-0.4, -0.2) is 77.2 Å².